The van der Waals surface area contributed by atoms with Gasteiger partial charge < -0.3 is 9.47 Å². The van der Waals surface area contributed by atoms with E-state index in [1.165, 1.54) is 5.56 Å². The lowest BCUT2D eigenvalue weighted by Crippen LogP contribution is -2.34. The summed E-state index contributed by atoms with van der Waals surface area (Å²) in [6.07, 6.45) is 2.71. The zero-order valence-electron chi connectivity index (χ0n) is 13.7. The van der Waals surface area contributed by atoms with Crippen LogP contribution in [0.1, 0.15) is 24.0 Å². The van der Waals surface area contributed by atoms with Crippen LogP contribution in [-0.4, -0.2) is 23.9 Å². The van der Waals surface area contributed by atoms with Gasteiger partial charge in [0.15, 0.2) is 0 Å². The average molecular weight is 355 g/mol. The topological polar surface area (TPSA) is 30.8 Å². The van der Waals surface area contributed by atoms with Crippen LogP contribution in [0.15, 0.2) is 41.4 Å². The fourth-order valence-corrected chi connectivity index (χ4v) is 3.42. The molecule has 25 heavy (non-hydrogen) atoms. The summed E-state index contributed by atoms with van der Waals surface area (Å²) < 4.78 is 25.7. The van der Waals surface area contributed by atoms with Crippen LogP contribution in [0.2, 0.25) is 0 Å². The van der Waals surface area contributed by atoms with E-state index in [1.807, 2.05) is 18.2 Å². The molecule has 0 bridgehead atoms. The number of ether oxygens (including phenoxy) is 2. The summed E-state index contributed by atoms with van der Waals surface area (Å²) in [5.74, 6) is 0.702. The van der Waals surface area contributed by atoms with Gasteiger partial charge in [0, 0.05) is 12.0 Å². The Bertz CT molecular complexity index is 842. The minimum atomic E-state index is -0.234. The lowest BCUT2D eigenvalue weighted by atomic mass is 9.90. The summed E-state index contributed by atoms with van der Waals surface area (Å²) in [5, 5.41) is 2.40. The second-order valence-corrected chi connectivity index (χ2v) is 6.69. The highest BCUT2D eigenvalue weighted by Crippen LogP contribution is 2.32. The van der Waals surface area contributed by atoms with Crippen LogP contribution in [0, 0.1) is 5.82 Å². The number of nitrogens with zero attached hydrogens (tertiary/aromatic N) is 1. The number of benzene rings is 2. The number of fused-ring (bicyclic) bond motifs is 1. The molecule has 1 aliphatic carbocycles. The highest BCUT2D eigenvalue weighted by atomic mass is 32.1. The average Bonchev–Trinajstić information content (AvgIpc) is 3.05. The molecule has 1 heterocycles. The molecule has 5 heteroatoms. The first-order valence-corrected chi connectivity index (χ1v) is 8.87. The minimum absolute atomic E-state index is 0.132. The first-order valence-electron chi connectivity index (χ1n) is 8.46. The maximum atomic E-state index is 14.4. The molecule has 0 unspecified atom stereocenters. The van der Waals surface area contributed by atoms with Crippen molar-refractivity contribution in [3.8, 4) is 16.9 Å². The van der Waals surface area contributed by atoms with Gasteiger partial charge in [-0.2, -0.15) is 0 Å². The molecular formula is C20H18FNO2S. The van der Waals surface area contributed by atoms with Crippen molar-refractivity contribution in [2.24, 2.45) is 4.99 Å². The van der Waals surface area contributed by atoms with Gasteiger partial charge in [0.25, 0.3) is 0 Å². The Morgan fingerprint density at radius 2 is 2.00 bits per heavy atom. The molecule has 1 aliphatic heterocycles. The molecule has 1 saturated carbocycles. The van der Waals surface area contributed by atoms with E-state index in [9.17, 15) is 4.39 Å². The van der Waals surface area contributed by atoms with Crippen LogP contribution in [0.25, 0.3) is 11.1 Å². The van der Waals surface area contributed by atoms with Gasteiger partial charge in [0.1, 0.15) is 11.6 Å². The van der Waals surface area contributed by atoms with E-state index in [0.717, 1.165) is 42.7 Å². The first kappa shape index (κ1) is 16.4. The molecule has 3 nitrogen and oxygen atoms in total. The molecule has 2 aromatic rings. The molecule has 2 aliphatic rings. The third-order valence-corrected chi connectivity index (χ3v) is 4.96. The highest BCUT2D eigenvalue weighted by Gasteiger charge is 2.29. The number of aliphatic imine (C=N–C) groups is 1. The van der Waals surface area contributed by atoms with Gasteiger partial charge in [-0.05, 0) is 59.9 Å². The Hall–Kier alpha value is -2.07. The van der Waals surface area contributed by atoms with Crippen LogP contribution in [0.3, 0.4) is 0 Å². The van der Waals surface area contributed by atoms with Crippen molar-refractivity contribution in [3.05, 3.63) is 53.3 Å². The molecule has 0 radical (unpaired) electrons. The van der Waals surface area contributed by atoms with Gasteiger partial charge in [0.05, 0.1) is 30.5 Å². The Labute approximate surface area is 151 Å². The molecule has 0 spiro atoms. The molecular weight excluding hydrogens is 337 g/mol. The van der Waals surface area contributed by atoms with Gasteiger partial charge in [-0.25, -0.2) is 9.38 Å². The zero-order valence-corrected chi connectivity index (χ0v) is 14.5. The highest BCUT2D eigenvalue weighted by molar-refractivity contribution is 7.78. The predicted molar refractivity (Wildman–Crippen MR) is 97.7 cm³/mol. The standard InChI is InChI=1S/C20H18FNO2S/c21-19-8-14(13-3-4-20-15(7-13)5-6-23-20)1-2-16(19)11-24-18-9-17(10-18)22-12-25/h1-4,7-8,17-18H,5-6,9-11H2. The molecule has 0 amide bonds. The lowest BCUT2D eigenvalue weighted by molar-refractivity contribution is -0.0192. The van der Waals surface area contributed by atoms with Gasteiger partial charge in [-0.1, -0.05) is 18.2 Å². The quantitative estimate of drug-likeness (QED) is 0.581. The number of hydrogen-bond donors (Lipinski definition) is 0. The SMILES string of the molecule is Fc1cc(-c2ccc3c(c2)CCO3)ccc1COC1CC(N=C=S)C1. The van der Waals surface area contributed by atoms with Gasteiger partial charge in [-0.15, -0.1) is 0 Å². The fraction of sp³-hybridized carbons (Fsp3) is 0.350. The van der Waals surface area contributed by atoms with Crippen molar-refractivity contribution in [1.82, 2.24) is 0 Å². The lowest BCUT2D eigenvalue weighted by Gasteiger charge is -2.31. The molecule has 1 fully saturated rings. The summed E-state index contributed by atoms with van der Waals surface area (Å²) in [5.41, 5.74) is 3.64. The van der Waals surface area contributed by atoms with Crippen LogP contribution in [-0.2, 0) is 17.8 Å². The van der Waals surface area contributed by atoms with Gasteiger partial charge >= 0.3 is 0 Å². The largest absolute Gasteiger partial charge is 0.493 e. The van der Waals surface area contributed by atoms with E-state index in [4.69, 9.17) is 9.47 Å². The molecule has 0 saturated heterocycles. The second-order valence-electron chi connectivity index (χ2n) is 6.51. The van der Waals surface area contributed by atoms with Crippen LogP contribution < -0.4 is 4.74 Å². The molecule has 4 rings (SSSR count). The van der Waals surface area contributed by atoms with Crippen molar-refractivity contribution < 1.29 is 13.9 Å². The summed E-state index contributed by atoms with van der Waals surface area (Å²) >= 11 is 4.59. The van der Waals surface area contributed by atoms with Crippen LogP contribution >= 0.6 is 12.2 Å². The monoisotopic (exact) mass is 355 g/mol. The van der Waals surface area contributed by atoms with Crippen molar-refractivity contribution in [2.75, 3.05) is 6.61 Å². The van der Waals surface area contributed by atoms with E-state index in [2.05, 4.69) is 28.4 Å². The summed E-state index contributed by atoms with van der Waals surface area (Å²) in [6, 6.07) is 11.6. The number of thiocarbonyl (C=S) groups is 1. The maximum absolute atomic E-state index is 14.4. The van der Waals surface area contributed by atoms with E-state index < -0.39 is 0 Å². The number of hydrogen-bond acceptors (Lipinski definition) is 4. The van der Waals surface area contributed by atoms with E-state index >= 15 is 0 Å². The van der Waals surface area contributed by atoms with E-state index in [-0.39, 0.29) is 24.6 Å². The Morgan fingerprint density at radius 1 is 1.20 bits per heavy atom. The van der Waals surface area contributed by atoms with Gasteiger partial charge in [-0.3, -0.25) is 0 Å². The smallest absolute Gasteiger partial charge is 0.129 e. The summed E-state index contributed by atoms with van der Waals surface area (Å²) in [4.78, 5) is 4.02. The molecule has 0 N–H and O–H groups in total. The van der Waals surface area contributed by atoms with Crippen molar-refractivity contribution in [2.45, 2.75) is 38.0 Å². The van der Waals surface area contributed by atoms with Crippen LogP contribution in [0.5, 0.6) is 5.75 Å². The van der Waals surface area contributed by atoms with E-state index in [0.29, 0.717) is 5.56 Å². The van der Waals surface area contributed by atoms with Crippen molar-refractivity contribution in [3.63, 3.8) is 0 Å². The fourth-order valence-electron chi connectivity index (χ4n) is 3.27. The van der Waals surface area contributed by atoms with Gasteiger partial charge in [0.2, 0.25) is 0 Å². The normalized spacial score (nSPS) is 21.0. The molecule has 2 aromatic carbocycles. The maximum Gasteiger partial charge on any atom is 0.129 e. The Balaban J connectivity index is 1.42. The number of rotatable bonds is 5. The van der Waals surface area contributed by atoms with Crippen molar-refractivity contribution >= 4 is 17.4 Å². The molecule has 0 aromatic heterocycles. The minimum Gasteiger partial charge on any atom is -0.493 e. The number of halogens is 1. The first-order chi connectivity index (χ1) is 12.2. The third kappa shape index (κ3) is 3.49. The second kappa shape index (κ2) is 7.04. The summed E-state index contributed by atoms with van der Waals surface area (Å²) in [6.45, 7) is 1.00. The molecule has 0 atom stereocenters. The Kier molecular flexibility index (Phi) is 4.62. The number of isothiocyanates is 1. The third-order valence-electron chi connectivity index (χ3n) is 4.86. The van der Waals surface area contributed by atoms with Crippen molar-refractivity contribution in [1.29, 1.82) is 0 Å². The predicted octanol–water partition coefficient (Wildman–Crippen LogP) is 4.58. The molecule has 128 valence electrons. The van der Waals surface area contributed by atoms with Crippen LogP contribution in [0.4, 0.5) is 4.39 Å². The Morgan fingerprint density at radius 3 is 2.80 bits per heavy atom. The van der Waals surface area contributed by atoms with E-state index in [1.54, 1.807) is 12.1 Å². The summed E-state index contributed by atoms with van der Waals surface area (Å²) in [7, 11) is 0. The zero-order chi connectivity index (χ0) is 17.2.